The van der Waals surface area contributed by atoms with E-state index in [0.29, 0.717) is 30.0 Å². The summed E-state index contributed by atoms with van der Waals surface area (Å²) < 4.78 is 6.56. The van der Waals surface area contributed by atoms with Gasteiger partial charge >= 0.3 is 0 Å². The van der Waals surface area contributed by atoms with E-state index in [2.05, 4.69) is 10.6 Å². The summed E-state index contributed by atoms with van der Waals surface area (Å²) in [5, 5.41) is 16.4. The monoisotopic (exact) mass is 511 g/mol. The molecule has 3 fully saturated rings. The Bertz CT molecular complexity index is 1190. The van der Waals surface area contributed by atoms with Crippen LogP contribution in [0.15, 0.2) is 54.6 Å². The van der Waals surface area contributed by atoms with Crippen LogP contribution in [0, 0.1) is 11.8 Å². The number of ether oxygens (including phenoxy) is 1. The maximum Gasteiger partial charge on any atom is 0.250 e. The fraction of sp³-hybridized carbons (Fsp3) is 0.444. The van der Waals surface area contributed by atoms with Gasteiger partial charge in [-0.15, -0.1) is 0 Å². The number of halogens is 1. The molecule has 2 aromatic carbocycles. The van der Waals surface area contributed by atoms with E-state index in [9.17, 15) is 19.5 Å². The zero-order valence-corrected chi connectivity index (χ0v) is 21.0. The molecule has 5 rings (SSSR count). The minimum atomic E-state index is -1.18. The topological polar surface area (TPSA) is 108 Å². The first-order valence-electron chi connectivity index (χ1n) is 12.2. The Morgan fingerprint density at radius 2 is 1.83 bits per heavy atom. The number of hydrogen-bond acceptors (Lipinski definition) is 5. The minimum absolute atomic E-state index is 0.284. The third kappa shape index (κ3) is 3.70. The van der Waals surface area contributed by atoms with Gasteiger partial charge in [0.2, 0.25) is 17.7 Å². The predicted octanol–water partition coefficient (Wildman–Crippen LogP) is 2.39. The largest absolute Gasteiger partial charge is 0.394 e. The number of aliphatic hydroxyl groups is 1. The maximum atomic E-state index is 14.1. The Morgan fingerprint density at radius 3 is 2.50 bits per heavy atom. The van der Waals surface area contributed by atoms with Crippen LogP contribution in [0.2, 0.25) is 5.02 Å². The van der Waals surface area contributed by atoms with Crippen molar-refractivity contribution in [3.63, 3.8) is 0 Å². The highest BCUT2D eigenvalue weighted by Gasteiger charge is 2.78. The van der Waals surface area contributed by atoms with Crippen LogP contribution in [-0.2, 0) is 25.5 Å². The van der Waals surface area contributed by atoms with Crippen molar-refractivity contribution in [2.45, 2.75) is 49.5 Å². The number of fused-ring (bicyclic) bond motifs is 1. The predicted molar refractivity (Wildman–Crippen MR) is 134 cm³/mol. The SMILES string of the molecule is CNC(=O)[C@H]1[C@H]2C(=O)N([C@@H](CO)Cc3ccccc3)C(C(=O)Nc3ccccc3Cl)C23CC[C@]1(C)O3. The van der Waals surface area contributed by atoms with Gasteiger partial charge in [0.15, 0.2) is 0 Å². The molecule has 36 heavy (non-hydrogen) atoms. The number of aliphatic hydroxyl groups excluding tert-OH is 1. The van der Waals surface area contributed by atoms with Gasteiger partial charge in [0.05, 0.1) is 40.8 Å². The van der Waals surface area contributed by atoms with E-state index >= 15 is 0 Å². The van der Waals surface area contributed by atoms with Gasteiger partial charge in [0, 0.05) is 7.05 Å². The van der Waals surface area contributed by atoms with Crippen molar-refractivity contribution in [3.05, 3.63) is 65.2 Å². The summed E-state index contributed by atoms with van der Waals surface area (Å²) in [6, 6.07) is 14.6. The molecule has 3 aliphatic heterocycles. The number of carbonyl (C=O) groups excluding carboxylic acids is 3. The van der Waals surface area contributed by atoms with E-state index in [1.807, 2.05) is 37.3 Å². The summed E-state index contributed by atoms with van der Waals surface area (Å²) in [6.45, 7) is 1.50. The van der Waals surface area contributed by atoms with E-state index in [1.165, 1.54) is 11.9 Å². The second kappa shape index (κ2) is 9.18. The van der Waals surface area contributed by atoms with Crippen molar-refractivity contribution < 1.29 is 24.2 Å². The van der Waals surface area contributed by atoms with Crippen LogP contribution < -0.4 is 10.6 Å². The molecule has 2 unspecified atom stereocenters. The van der Waals surface area contributed by atoms with Crippen molar-refractivity contribution in [2.75, 3.05) is 19.0 Å². The van der Waals surface area contributed by atoms with Crippen LogP contribution >= 0.6 is 11.6 Å². The molecule has 3 N–H and O–H groups in total. The molecule has 6 atom stereocenters. The number of amides is 3. The molecule has 0 saturated carbocycles. The summed E-state index contributed by atoms with van der Waals surface area (Å²) in [5.41, 5.74) is -0.701. The van der Waals surface area contributed by atoms with E-state index in [0.717, 1.165) is 5.56 Å². The summed E-state index contributed by atoms with van der Waals surface area (Å²) in [6.07, 6.45) is 1.35. The molecule has 3 amide bonds. The number of benzene rings is 2. The molecule has 8 nitrogen and oxygen atoms in total. The third-order valence-electron chi connectivity index (χ3n) is 8.04. The summed E-state index contributed by atoms with van der Waals surface area (Å²) in [4.78, 5) is 42.5. The van der Waals surface area contributed by atoms with Gasteiger partial charge in [-0.1, -0.05) is 54.1 Å². The van der Waals surface area contributed by atoms with Gasteiger partial charge in [-0.25, -0.2) is 0 Å². The van der Waals surface area contributed by atoms with Gasteiger partial charge in [0.25, 0.3) is 0 Å². The number of hydrogen-bond donors (Lipinski definition) is 3. The van der Waals surface area contributed by atoms with Crippen LogP contribution in [0.3, 0.4) is 0 Å². The highest BCUT2D eigenvalue weighted by atomic mass is 35.5. The molecule has 0 aliphatic carbocycles. The van der Waals surface area contributed by atoms with Crippen LogP contribution in [-0.4, -0.2) is 64.7 Å². The van der Waals surface area contributed by atoms with Crippen LogP contribution in [0.1, 0.15) is 25.3 Å². The number of likely N-dealkylation sites (tertiary alicyclic amines) is 1. The maximum absolute atomic E-state index is 14.1. The molecule has 2 bridgehead atoms. The molecule has 3 aliphatic rings. The lowest BCUT2D eigenvalue weighted by molar-refractivity contribution is -0.147. The lowest BCUT2D eigenvalue weighted by Gasteiger charge is -2.37. The molecule has 190 valence electrons. The van der Waals surface area contributed by atoms with Crippen molar-refractivity contribution in [1.82, 2.24) is 10.2 Å². The molecule has 0 radical (unpaired) electrons. The van der Waals surface area contributed by atoms with Gasteiger partial charge in [-0.05, 0) is 43.9 Å². The quantitative estimate of drug-likeness (QED) is 0.529. The van der Waals surface area contributed by atoms with Crippen LogP contribution in [0.5, 0.6) is 0 Å². The van der Waals surface area contributed by atoms with E-state index in [-0.39, 0.29) is 18.4 Å². The molecule has 9 heteroatoms. The summed E-state index contributed by atoms with van der Waals surface area (Å²) in [5.74, 6) is -2.65. The first-order chi connectivity index (χ1) is 17.3. The Labute approximate surface area is 215 Å². The fourth-order valence-corrected chi connectivity index (χ4v) is 6.70. The Hall–Kier alpha value is -2.94. The number of rotatable bonds is 7. The van der Waals surface area contributed by atoms with E-state index in [1.54, 1.807) is 24.3 Å². The molecule has 3 heterocycles. The fourth-order valence-electron chi connectivity index (χ4n) is 6.51. The Morgan fingerprint density at radius 1 is 1.14 bits per heavy atom. The number of nitrogens with one attached hydrogen (secondary N) is 2. The second-order valence-corrected chi connectivity index (χ2v) is 10.5. The van der Waals surface area contributed by atoms with E-state index in [4.69, 9.17) is 16.3 Å². The number of nitrogens with zero attached hydrogens (tertiary/aromatic N) is 1. The summed E-state index contributed by atoms with van der Waals surface area (Å²) in [7, 11) is 1.54. The molecule has 1 spiro atoms. The standard InChI is InChI=1S/C27H30ClN3O5/c1-26-12-13-27(36-26)21(20(26)23(33)29-2)25(35)31(17(15-32)14-16-8-4-3-5-9-16)22(27)24(34)30-19-11-7-6-10-18(19)28/h3-11,17,20-22,32H,12-15H2,1-2H3,(H,29,33)(H,30,34)/t17-,20-,21+,22?,26+,27?/m1/s1. The second-order valence-electron chi connectivity index (χ2n) is 10.1. The van der Waals surface area contributed by atoms with Gasteiger partial charge in [0.1, 0.15) is 11.6 Å². The summed E-state index contributed by atoms with van der Waals surface area (Å²) >= 11 is 6.31. The lowest BCUT2D eigenvalue weighted by atomic mass is 9.66. The van der Waals surface area contributed by atoms with Gasteiger partial charge in [-0.3, -0.25) is 14.4 Å². The highest BCUT2D eigenvalue weighted by molar-refractivity contribution is 6.33. The molecule has 0 aromatic heterocycles. The van der Waals surface area contributed by atoms with Gasteiger partial charge < -0.3 is 25.4 Å². The number of carbonyl (C=O) groups is 3. The first-order valence-corrected chi connectivity index (χ1v) is 12.6. The zero-order valence-electron chi connectivity index (χ0n) is 20.2. The Kier molecular flexibility index (Phi) is 6.31. The minimum Gasteiger partial charge on any atom is -0.394 e. The zero-order chi connectivity index (χ0) is 25.7. The molecule has 3 saturated heterocycles. The molecule has 2 aromatic rings. The normalized spacial score (nSPS) is 31.3. The average Bonchev–Trinajstić information content (AvgIpc) is 3.45. The van der Waals surface area contributed by atoms with Crippen molar-refractivity contribution >= 4 is 35.0 Å². The first kappa shape index (κ1) is 24.7. The molecular weight excluding hydrogens is 482 g/mol. The van der Waals surface area contributed by atoms with Crippen molar-refractivity contribution in [3.8, 4) is 0 Å². The van der Waals surface area contributed by atoms with Crippen molar-refractivity contribution in [1.29, 1.82) is 0 Å². The lowest BCUT2D eigenvalue weighted by Crippen LogP contribution is -2.57. The van der Waals surface area contributed by atoms with Crippen LogP contribution in [0.4, 0.5) is 5.69 Å². The third-order valence-corrected chi connectivity index (χ3v) is 8.37. The molecular formula is C27H30ClN3O5. The highest BCUT2D eigenvalue weighted by Crippen LogP contribution is 2.63. The van der Waals surface area contributed by atoms with Gasteiger partial charge in [-0.2, -0.15) is 0 Å². The Balaban J connectivity index is 1.58. The smallest absolute Gasteiger partial charge is 0.250 e. The van der Waals surface area contributed by atoms with E-state index < -0.39 is 41.0 Å². The average molecular weight is 512 g/mol. The number of para-hydroxylation sites is 1. The van der Waals surface area contributed by atoms with Crippen LogP contribution in [0.25, 0.3) is 0 Å². The van der Waals surface area contributed by atoms with Crippen molar-refractivity contribution in [2.24, 2.45) is 11.8 Å². The number of anilines is 1.